The summed E-state index contributed by atoms with van der Waals surface area (Å²) in [7, 11) is 3.43. The first kappa shape index (κ1) is 15.3. The van der Waals surface area contributed by atoms with Crippen molar-refractivity contribution in [3.63, 3.8) is 0 Å². The van der Waals surface area contributed by atoms with Gasteiger partial charge in [-0.3, -0.25) is 0 Å². The molecule has 2 rings (SSSR count). The topological polar surface area (TPSA) is 63.7 Å². The van der Waals surface area contributed by atoms with Crippen LogP contribution in [-0.2, 0) is 12.5 Å². The SMILES string of the molecule is COc1c(C(C)(CCl)c2cccc(C#N)n2)c(C)nn1C. The molecule has 2 aromatic heterocycles. The highest BCUT2D eigenvalue weighted by Gasteiger charge is 2.37. The van der Waals surface area contributed by atoms with Crippen molar-refractivity contribution in [2.75, 3.05) is 13.0 Å². The maximum atomic E-state index is 9.04. The molecule has 0 aromatic carbocycles. The first-order valence-electron chi connectivity index (χ1n) is 6.49. The molecule has 0 saturated heterocycles. The van der Waals surface area contributed by atoms with Gasteiger partial charge in [0, 0.05) is 18.5 Å². The molecule has 5 nitrogen and oxygen atoms in total. The van der Waals surface area contributed by atoms with E-state index in [4.69, 9.17) is 21.6 Å². The van der Waals surface area contributed by atoms with E-state index in [-0.39, 0.29) is 0 Å². The van der Waals surface area contributed by atoms with E-state index in [9.17, 15) is 0 Å². The van der Waals surface area contributed by atoms with Gasteiger partial charge in [-0.2, -0.15) is 10.4 Å². The number of pyridine rings is 1. The van der Waals surface area contributed by atoms with Crippen molar-refractivity contribution < 1.29 is 4.74 Å². The van der Waals surface area contributed by atoms with Crippen LogP contribution in [0.5, 0.6) is 5.88 Å². The van der Waals surface area contributed by atoms with Crippen molar-refractivity contribution in [1.29, 1.82) is 5.26 Å². The van der Waals surface area contributed by atoms with E-state index in [2.05, 4.69) is 16.2 Å². The molecule has 2 heterocycles. The number of halogens is 1. The van der Waals surface area contributed by atoms with Crippen molar-refractivity contribution in [3.8, 4) is 11.9 Å². The van der Waals surface area contributed by atoms with Gasteiger partial charge in [0.1, 0.15) is 11.8 Å². The van der Waals surface area contributed by atoms with Crippen LogP contribution in [0.1, 0.15) is 29.6 Å². The zero-order valence-electron chi connectivity index (χ0n) is 12.5. The predicted molar refractivity (Wildman–Crippen MR) is 80.6 cm³/mol. The van der Waals surface area contributed by atoms with Gasteiger partial charge in [0.25, 0.3) is 0 Å². The van der Waals surface area contributed by atoms with Crippen LogP contribution in [0.4, 0.5) is 0 Å². The van der Waals surface area contributed by atoms with Crippen LogP contribution in [0.3, 0.4) is 0 Å². The maximum Gasteiger partial charge on any atom is 0.215 e. The van der Waals surface area contributed by atoms with Crippen molar-refractivity contribution in [1.82, 2.24) is 14.8 Å². The summed E-state index contributed by atoms with van der Waals surface area (Å²) in [4.78, 5) is 4.40. The molecule has 0 amide bonds. The van der Waals surface area contributed by atoms with Gasteiger partial charge in [-0.05, 0) is 26.0 Å². The zero-order chi connectivity index (χ0) is 15.6. The lowest BCUT2D eigenvalue weighted by molar-refractivity contribution is 0.362. The minimum absolute atomic E-state index is 0.303. The van der Waals surface area contributed by atoms with Crippen LogP contribution < -0.4 is 4.74 Å². The molecule has 0 spiro atoms. The molecule has 0 N–H and O–H groups in total. The summed E-state index contributed by atoms with van der Waals surface area (Å²) in [6.45, 7) is 3.90. The van der Waals surface area contributed by atoms with Gasteiger partial charge < -0.3 is 4.74 Å². The van der Waals surface area contributed by atoms with E-state index in [1.807, 2.05) is 33.0 Å². The molecule has 110 valence electrons. The van der Waals surface area contributed by atoms with Gasteiger partial charge in [-0.25, -0.2) is 9.67 Å². The number of nitriles is 1. The van der Waals surface area contributed by atoms with E-state index in [0.717, 1.165) is 17.0 Å². The Morgan fingerprint density at radius 2 is 2.19 bits per heavy atom. The second-order valence-electron chi connectivity index (χ2n) is 5.08. The summed E-state index contributed by atoms with van der Waals surface area (Å²) in [6, 6.07) is 7.41. The Morgan fingerprint density at radius 1 is 1.48 bits per heavy atom. The molecule has 0 radical (unpaired) electrons. The second kappa shape index (κ2) is 5.74. The van der Waals surface area contributed by atoms with E-state index in [1.165, 1.54) is 0 Å². The third-order valence-electron chi connectivity index (χ3n) is 3.61. The lowest BCUT2D eigenvalue weighted by Gasteiger charge is -2.27. The summed E-state index contributed by atoms with van der Waals surface area (Å²) >= 11 is 6.27. The molecule has 1 atom stereocenters. The van der Waals surface area contributed by atoms with Crippen LogP contribution in [0.2, 0.25) is 0 Å². The number of aryl methyl sites for hydroxylation is 2. The van der Waals surface area contributed by atoms with Crippen LogP contribution in [0.25, 0.3) is 0 Å². The van der Waals surface area contributed by atoms with Gasteiger partial charge in [-0.1, -0.05) is 6.07 Å². The number of methoxy groups -OCH3 is 1. The lowest BCUT2D eigenvalue weighted by Crippen LogP contribution is -2.28. The monoisotopic (exact) mass is 304 g/mol. The van der Waals surface area contributed by atoms with Gasteiger partial charge in [0.2, 0.25) is 5.88 Å². The number of aromatic nitrogens is 3. The normalized spacial score (nSPS) is 13.5. The first-order valence-corrected chi connectivity index (χ1v) is 7.03. The molecule has 21 heavy (non-hydrogen) atoms. The van der Waals surface area contributed by atoms with E-state index < -0.39 is 5.41 Å². The molecular formula is C15H17ClN4O. The Hall–Kier alpha value is -2.06. The van der Waals surface area contributed by atoms with Gasteiger partial charge in [0.05, 0.1) is 23.9 Å². The highest BCUT2D eigenvalue weighted by atomic mass is 35.5. The maximum absolute atomic E-state index is 9.04. The number of hydrogen-bond donors (Lipinski definition) is 0. The van der Waals surface area contributed by atoms with Crippen molar-refractivity contribution in [2.45, 2.75) is 19.3 Å². The molecule has 1 unspecified atom stereocenters. The highest BCUT2D eigenvalue weighted by Crippen LogP contribution is 2.39. The van der Waals surface area contributed by atoms with E-state index >= 15 is 0 Å². The molecule has 6 heteroatoms. The number of hydrogen-bond acceptors (Lipinski definition) is 4. The van der Waals surface area contributed by atoms with E-state index in [1.54, 1.807) is 17.9 Å². The zero-order valence-corrected chi connectivity index (χ0v) is 13.3. The predicted octanol–water partition coefficient (Wildman–Crippen LogP) is 2.55. The summed E-state index contributed by atoms with van der Waals surface area (Å²) in [5.74, 6) is 0.956. The number of nitrogens with zero attached hydrogens (tertiary/aromatic N) is 4. The first-order chi connectivity index (χ1) is 9.97. The fourth-order valence-corrected chi connectivity index (χ4v) is 2.84. The summed E-state index contributed by atoms with van der Waals surface area (Å²) < 4.78 is 7.16. The molecule has 0 bridgehead atoms. The summed E-state index contributed by atoms with van der Waals surface area (Å²) in [5, 5.41) is 13.4. The molecular weight excluding hydrogens is 288 g/mol. The highest BCUT2D eigenvalue weighted by molar-refractivity contribution is 6.19. The fraction of sp³-hybridized carbons (Fsp3) is 0.400. The Labute approximate surface area is 129 Å². The second-order valence-corrected chi connectivity index (χ2v) is 5.35. The average molecular weight is 305 g/mol. The molecule has 0 saturated carbocycles. The third kappa shape index (κ3) is 2.47. The molecule has 0 aliphatic carbocycles. The standard InChI is InChI=1S/C15H17ClN4O/c1-10-13(14(21-4)20(3)19-10)15(2,9-16)12-7-5-6-11(8-17)18-12/h5-7H,9H2,1-4H3. The van der Waals surface area contributed by atoms with Gasteiger partial charge in [-0.15, -0.1) is 11.6 Å². The molecule has 0 aliphatic rings. The largest absolute Gasteiger partial charge is 0.481 e. The Bertz CT molecular complexity index is 704. The van der Waals surface area contributed by atoms with Crippen molar-refractivity contribution in [2.24, 2.45) is 7.05 Å². The number of ether oxygens (including phenoxy) is 1. The minimum atomic E-state index is -0.585. The minimum Gasteiger partial charge on any atom is -0.481 e. The fourth-order valence-electron chi connectivity index (χ4n) is 2.57. The summed E-state index contributed by atoms with van der Waals surface area (Å²) in [6.07, 6.45) is 0. The molecule has 0 aliphatic heterocycles. The Kier molecular flexibility index (Phi) is 4.19. The van der Waals surface area contributed by atoms with Crippen molar-refractivity contribution >= 4 is 11.6 Å². The quantitative estimate of drug-likeness (QED) is 0.814. The smallest absolute Gasteiger partial charge is 0.215 e. The van der Waals surface area contributed by atoms with Crippen LogP contribution in [0.15, 0.2) is 18.2 Å². The average Bonchev–Trinajstić information content (AvgIpc) is 2.80. The third-order valence-corrected chi connectivity index (χ3v) is 4.15. The van der Waals surface area contributed by atoms with Crippen molar-refractivity contribution in [3.05, 3.63) is 40.8 Å². The van der Waals surface area contributed by atoms with Crippen LogP contribution >= 0.6 is 11.6 Å². The van der Waals surface area contributed by atoms with Crippen LogP contribution in [0, 0.1) is 18.3 Å². The lowest BCUT2D eigenvalue weighted by atomic mass is 9.80. The van der Waals surface area contributed by atoms with E-state index in [0.29, 0.717) is 17.5 Å². The summed E-state index contributed by atoms with van der Waals surface area (Å²) in [5.41, 5.74) is 2.24. The molecule has 2 aromatic rings. The number of alkyl halides is 1. The molecule has 0 fully saturated rings. The van der Waals surface area contributed by atoms with Crippen LogP contribution in [-0.4, -0.2) is 27.8 Å². The Balaban J connectivity index is 2.69. The van der Waals surface area contributed by atoms with Gasteiger partial charge >= 0.3 is 0 Å². The van der Waals surface area contributed by atoms with Gasteiger partial charge in [0.15, 0.2) is 0 Å². The number of rotatable bonds is 4. The Morgan fingerprint density at radius 3 is 2.76 bits per heavy atom.